The summed E-state index contributed by atoms with van der Waals surface area (Å²) in [6.45, 7) is 3.85. The lowest BCUT2D eigenvalue weighted by Crippen LogP contribution is -2.15. The molecule has 3 N–H and O–H groups in total. The maximum absolute atomic E-state index is 7.32. The van der Waals surface area contributed by atoms with Gasteiger partial charge in [0.15, 0.2) is 0 Å². The quantitative estimate of drug-likeness (QED) is 0.566. The predicted octanol–water partition coefficient (Wildman–Crippen LogP) is 0.563. The zero-order valence-corrected chi connectivity index (χ0v) is 9.10. The van der Waals surface area contributed by atoms with Crippen LogP contribution < -0.4 is 5.73 Å². The van der Waals surface area contributed by atoms with Crippen LogP contribution in [0, 0.1) is 19.3 Å². The number of aryl methyl sites for hydroxylation is 1. The molecule has 6 heteroatoms. The Morgan fingerprint density at radius 1 is 1.38 bits per heavy atom. The summed E-state index contributed by atoms with van der Waals surface area (Å²) in [6.07, 6.45) is 3.23. The van der Waals surface area contributed by atoms with Crippen molar-refractivity contribution < 1.29 is 0 Å². The van der Waals surface area contributed by atoms with Gasteiger partial charge in [-0.2, -0.15) is 0 Å². The van der Waals surface area contributed by atoms with E-state index in [1.54, 1.807) is 23.2 Å². The molecule has 0 aliphatic carbocycles. The molecule has 0 saturated heterocycles. The maximum Gasteiger partial charge on any atom is 0.235 e. The topological polar surface area (TPSA) is 93.5 Å². The third-order valence-corrected chi connectivity index (χ3v) is 2.39. The minimum atomic E-state index is -0.0712. The second kappa shape index (κ2) is 3.73. The van der Waals surface area contributed by atoms with Gasteiger partial charge in [-0.1, -0.05) is 0 Å². The number of amidine groups is 1. The molecule has 0 aromatic carbocycles. The summed E-state index contributed by atoms with van der Waals surface area (Å²) in [6, 6.07) is 1.60. The Balaban J connectivity index is 2.52. The SMILES string of the molecule is Cc1ncn(-c2nccc(C(=N)N)n2)c1C. The van der Waals surface area contributed by atoms with Crippen molar-refractivity contribution in [3.05, 3.63) is 35.7 Å². The largest absolute Gasteiger partial charge is 0.382 e. The Morgan fingerprint density at radius 3 is 2.69 bits per heavy atom. The summed E-state index contributed by atoms with van der Waals surface area (Å²) >= 11 is 0. The third-order valence-electron chi connectivity index (χ3n) is 2.39. The van der Waals surface area contributed by atoms with Crippen molar-refractivity contribution in [1.29, 1.82) is 5.41 Å². The first-order valence-corrected chi connectivity index (χ1v) is 4.78. The molecule has 0 bridgehead atoms. The number of nitrogens with one attached hydrogen (secondary N) is 1. The smallest absolute Gasteiger partial charge is 0.235 e. The van der Waals surface area contributed by atoms with Crippen molar-refractivity contribution in [2.45, 2.75) is 13.8 Å². The summed E-state index contributed by atoms with van der Waals surface area (Å²) in [5.41, 5.74) is 7.69. The number of aromatic nitrogens is 4. The van der Waals surface area contributed by atoms with Crippen molar-refractivity contribution in [3.63, 3.8) is 0 Å². The van der Waals surface area contributed by atoms with E-state index in [0.29, 0.717) is 11.6 Å². The summed E-state index contributed by atoms with van der Waals surface area (Å²) in [5.74, 6) is 0.406. The molecule has 2 aromatic rings. The molecular weight excluding hydrogens is 204 g/mol. The fourth-order valence-corrected chi connectivity index (χ4v) is 1.31. The lowest BCUT2D eigenvalue weighted by Gasteiger charge is -2.04. The number of hydrogen-bond donors (Lipinski definition) is 2. The van der Waals surface area contributed by atoms with E-state index in [1.165, 1.54) is 0 Å². The second-order valence-electron chi connectivity index (χ2n) is 3.44. The zero-order chi connectivity index (χ0) is 11.7. The molecule has 0 radical (unpaired) electrons. The molecule has 2 aromatic heterocycles. The summed E-state index contributed by atoms with van der Waals surface area (Å²) < 4.78 is 1.77. The van der Waals surface area contributed by atoms with Gasteiger partial charge in [-0.05, 0) is 19.9 Å². The fourth-order valence-electron chi connectivity index (χ4n) is 1.31. The van der Waals surface area contributed by atoms with Gasteiger partial charge in [-0.15, -0.1) is 0 Å². The number of rotatable bonds is 2. The molecule has 0 unspecified atom stereocenters. The van der Waals surface area contributed by atoms with Crippen LogP contribution in [0.3, 0.4) is 0 Å². The Morgan fingerprint density at radius 2 is 2.12 bits per heavy atom. The van der Waals surface area contributed by atoms with E-state index >= 15 is 0 Å². The van der Waals surface area contributed by atoms with Crippen LogP contribution in [-0.4, -0.2) is 25.4 Å². The van der Waals surface area contributed by atoms with Crippen LogP contribution in [0.5, 0.6) is 0 Å². The van der Waals surface area contributed by atoms with E-state index in [2.05, 4.69) is 15.0 Å². The maximum atomic E-state index is 7.32. The van der Waals surface area contributed by atoms with Gasteiger partial charge in [0.05, 0.1) is 5.69 Å². The monoisotopic (exact) mass is 216 g/mol. The number of hydrogen-bond acceptors (Lipinski definition) is 4. The molecule has 0 aliphatic heterocycles. The average Bonchev–Trinajstić information content (AvgIpc) is 2.60. The summed E-state index contributed by atoms with van der Waals surface area (Å²) in [4.78, 5) is 12.5. The molecule has 0 saturated carbocycles. The molecule has 0 aliphatic rings. The van der Waals surface area contributed by atoms with Gasteiger partial charge in [-0.25, -0.2) is 15.0 Å². The molecule has 82 valence electrons. The van der Waals surface area contributed by atoms with Crippen LogP contribution >= 0.6 is 0 Å². The molecule has 2 rings (SSSR count). The Labute approximate surface area is 92.7 Å². The Kier molecular flexibility index (Phi) is 2.40. The minimum absolute atomic E-state index is 0.0712. The minimum Gasteiger partial charge on any atom is -0.382 e. The first-order valence-electron chi connectivity index (χ1n) is 4.78. The predicted molar refractivity (Wildman–Crippen MR) is 59.6 cm³/mol. The van der Waals surface area contributed by atoms with E-state index in [4.69, 9.17) is 11.1 Å². The van der Waals surface area contributed by atoms with E-state index < -0.39 is 0 Å². The zero-order valence-electron chi connectivity index (χ0n) is 9.10. The highest BCUT2D eigenvalue weighted by atomic mass is 15.2. The lowest BCUT2D eigenvalue weighted by atomic mass is 10.4. The second-order valence-corrected chi connectivity index (χ2v) is 3.44. The van der Waals surface area contributed by atoms with Gasteiger partial charge in [0.25, 0.3) is 0 Å². The summed E-state index contributed by atoms with van der Waals surface area (Å²) in [5, 5.41) is 7.32. The van der Waals surface area contributed by atoms with Crippen LogP contribution in [0.15, 0.2) is 18.6 Å². The van der Waals surface area contributed by atoms with Crippen LogP contribution in [0.25, 0.3) is 5.95 Å². The average molecular weight is 216 g/mol. The van der Waals surface area contributed by atoms with Gasteiger partial charge >= 0.3 is 0 Å². The molecule has 0 fully saturated rings. The van der Waals surface area contributed by atoms with Crippen molar-refractivity contribution in [2.24, 2.45) is 5.73 Å². The van der Waals surface area contributed by atoms with E-state index in [-0.39, 0.29) is 5.84 Å². The molecule has 0 amide bonds. The van der Waals surface area contributed by atoms with Gasteiger partial charge < -0.3 is 5.73 Å². The van der Waals surface area contributed by atoms with Gasteiger partial charge in [0.2, 0.25) is 5.95 Å². The van der Waals surface area contributed by atoms with Crippen LogP contribution in [0.1, 0.15) is 17.1 Å². The van der Waals surface area contributed by atoms with E-state index in [9.17, 15) is 0 Å². The molecule has 0 spiro atoms. The lowest BCUT2D eigenvalue weighted by molar-refractivity contribution is 0.889. The number of imidazole rings is 1. The first-order chi connectivity index (χ1) is 7.59. The molecule has 6 nitrogen and oxygen atoms in total. The Hall–Kier alpha value is -2.24. The first kappa shape index (κ1) is 10.3. The molecule has 16 heavy (non-hydrogen) atoms. The molecular formula is C10H12N6. The van der Waals surface area contributed by atoms with Crippen molar-refractivity contribution in [3.8, 4) is 5.95 Å². The van der Waals surface area contributed by atoms with Crippen LogP contribution in [0.4, 0.5) is 0 Å². The highest BCUT2D eigenvalue weighted by Crippen LogP contribution is 2.09. The van der Waals surface area contributed by atoms with E-state index in [0.717, 1.165) is 11.4 Å². The van der Waals surface area contributed by atoms with Crippen molar-refractivity contribution >= 4 is 5.84 Å². The van der Waals surface area contributed by atoms with Crippen molar-refractivity contribution in [1.82, 2.24) is 19.5 Å². The van der Waals surface area contributed by atoms with Crippen molar-refractivity contribution in [2.75, 3.05) is 0 Å². The highest BCUT2D eigenvalue weighted by molar-refractivity contribution is 5.92. The summed E-state index contributed by atoms with van der Waals surface area (Å²) in [7, 11) is 0. The standard InChI is InChI=1S/C10H12N6/c1-6-7(2)16(5-14-6)10-13-4-3-8(15-10)9(11)12/h3-5H,1-2H3,(H3,11,12). The van der Waals surface area contributed by atoms with Gasteiger partial charge in [0.1, 0.15) is 17.9 Å². The van der Waals surface area contributed by atoms with Crippen LogP contribution in [-0.2, 0) is 0 Å². The Bertz CT molecular complexity index is 542. The molecule has 2 heterocycles. The number of nitrogen functional groups attached to an aromatic ring is 1. The fraction of sp³-hybridized carbons (Fsp3) is 0.200. The normalized spacial score (nSPS) is 10.4. The number of nitrogens with two attached hydrogens (primary N) is 1. The van der Waals surface area contributed by atoms with Gasteiger partial charge in [0, 0.05) is 11.9 Å². The van der Waals surface area contributed by atoms with E-state index in [1.807, 2.05) is 13.8 Å². The van der Waals surface area contributed by atoms with Gasteiger partial charge in [-0.3, -0.25) is 9.98 Å². The third kappa shape index (κ3) is 1.65. The highest BCUT2D eigenvalue weighted by Gasteiger charge is 2.08. The molecule has 0 atom stereocenters. The van der Waals surface area contributed by atoms with Crippen LogP contribution in [0.2, 0.25) is 0 Å². The number of nitrogens with zero attached hydrogens (tertiary/aromatic N) is 4.